The fourth-order valence-electron chi connectivity index (χ4n) is 4.41. The molecule has 0 bridgehead atoms. The van der Waals surface area contributed by atoms with Crippen LogP contribution in [0.15, 0.2) is 90.1 Å². The van der Waals surface area contributed by atoms with E-state index in [1.165, 1.54) is 10.1 Å². The third-order valence-electron chi connectivity index (χ3n) is 6.45. The van der Waals surface area contributed by atoms with Crippen LogP contribution in [0.2, 0.25) is 0 Å². The average Bonchev–Trinajstić information content (AvgIpc) is 3.40. The number of nitrogens with zero attached hydrogens (tertiary/aromatic N) is 3. The molecule has 5 aromatic rings. The van der Waals surface area contributed by atoms with Gasteiger partial charge in [-0.3, -0.25) is 19.1 Å². The van der Waals surface area contributed by atoms with E-state index < -0.39 is 0 Å². The second-order valence-electron chi connectivity index (χ2n) is 9.17. The van der Waals surface area contributed by atoms with Crippen molar-refractivity contribution in [1.29, 1.82) is 0 Å². The number of fused-ring (bicyclic) bond motifs is 1. The van der Waals surface area contributed by atoms with Gasteiger partial charge in [-0.25, -0.2) is 4.98 Å². The predicted octanol–water partition coefficient (Wildman–Crippen LogP) is 4.16. The van der Waals surface area contributed by atoms with Crippen LogP contribution in [0, 0.1) is 0 Å². The number of hydrogen-bond acceptors (Lipinski definition) is 6. The molecule has 0 atom stereocenters. The Hall–Kier alpha value is -4.92. The number of amides is 1. The largest absolute Gasteiger partial charge is 0.497 e. The molecule has 0 unspecified atom stereocenters. The van der Waals surface area contributed by atoms with E-state index in [9.17, 15) is 9.59 Å². The molecule has 5 rings (SSSR count). The van der Waals surface area contributed by atoms with Gasteiger partial charge < -0.3 is 20.4 Å². The maximum atomic E-state index is 13.5. The summed E-state index contributed by atoms with van der Waals surface area (Å²) >= 11 is 0. The van der Waals surface area contributed by atoms with Crippen molar-refractivity contribution < 1.29 is 9.53 Å². The summed E-state index contributed by atoms with van der Waals surface area (Å²) in [5, 5.41) is 7.08. The molecule has 9 nitrogen and oxygen atoms in total. The van der Waals surface area contributed by atoms with Crippen LogP contribution in [0.25, 0.3) is 22.3 Å². The third-order valence-corrected chi connectivity index (χ3v) is 6.45. The summed E-state index contributed by atoms with van der Waals surface area (Å²) in [6.45, 7) is 0.744. The van der Waals surface area contributed by atoms with E-state index in [2.05, 4.69) is 25.6 Å². The maximum Gasteiger partial charge on any atom is 0.277 e. The molecule has 2 aromatic carbocycles. The van der Waals surface area contributed by atoms with Crippen LogP contribution < -0.4 is 20.9 Å². The number of pyridine rings is 1. The van der Waals surface area contributed by atoms with Crippen molar-refractivity contribution in [1.82, 2.24) is 24.8 Å². The van der Waals surface area contributed by atoms with Gasteiger partial charge in [0, 0.05) is 41.1 Å². The van der Waals surface area contributed by atoms with E-state index in [1.807, 2.05) is 66.7 Å². The first-order valence-corrected chi connectivity index (χ1v) is 12.8. The molecule has 1 amide bonds. The van der Waals surface area contributed by atoms with Crippen LogP contribution in [0.5, 0.6) is 5.75 Å². The van der Waals surface area contributed by atoms with E-state index in [4.69, 9.17) is 4.74 Å². The number of anilines is 1. The quantitative estimate of drug-likeness (QED) is 0.225. The second-order valence-corrected chi connectivity index (χ2v) is 9.17. The van der Waals surface area contributed by atoms with Crippen molar-refractivity contribution in [3.63, 3.8) is 0 Å². The van der Waals surface area contributed by atoms with Crippen molar-refractivity contribution in [3.05, 3.63) is 107 Å². The summed E-state index contributed by atoms with van der Waals surface area (Å²) in [6.07, 6.45) is 6.71. The fraction of sp³-hybridized carbons (Fsp3) is 0.200. The highest BCUT2D eigenvalue weighted by Gasteiger charge is 2.15. The molecule has 0 radical (unpaired) electrons. The van der Waals surface area contributed by atoms with E-state index in [0.717, 1.165) is 40.8 Å². The van der Waals surface area contributed by atoms with Gasteiger partial charge in [-0.2, -0.15) is 0 Å². The summed E-state index contributed by atoms with van der Waals surface area (Å²) in [5.41, 5.74) is 3.83. The van der Waals surface area contributed by atoms with Crippen LogP contribution in [0.4, 0.5) is 5.69 Å². The number of H-pyrrole nitrogens is 1. The number of carbonyl (C=O) groups is 1. The molecular formula is C30H30N6O3. The van der Waals surface area contributed by atoms with E-state index in [1.54, 1.807) is 25.7 Å². The van der Waals surface area contributed by atoms with Gasteiger partial charge in [-0.15, -0.1) is 0 Å². The van der Waals surface area contributed by atoms with Crippen molar-refractivity contribution >= 4 is 22.5 Å². The second kappa shape index (κ2) is 12.1. The lowest BCUT2D eigenvalue weighted by Gasteiger charge is -2.15. The Morgan fingerprint density at radius 2 is 1.87 bits per heavy atom. The molecule has 3 heterocycles. The minimum absolute atomic E-state index is 0.154. The standard InChI is InChI=1S/C30H30N6O3/c1-39-25-11-9-21(10-12-25)6-5-14-32-27-19-34-29(22-7-3-2-4-8-22)36(30(27)38)20-28(37)33-18-24-16-23-17-31-15-13-26(23)35-24/h2-4,7-13,15-17,19,32,35H,5-6,14,18,20H2,1H3,(H,33,37). The Morgan fingerprint density at radius 3 is 2.64 bits per heavy atom. The zero-order valence-corrected chi connectivity index (χ0v) is 21.7. The number of aromatic amines is 1. The highest BCUT2D eigenvalue weighted by molar-refractivity contribution is 5.80. The molecule has 0 fully saturated rings. The van der Waals surface area contributed by atoms with Gasteiger partial charge >= 0.3 is 0 Å². The maximum absolute atomic E-state index is 13.5. The topological polar surface area (TPSA) is 114 Å². The van der Waals surface area contributed by atoms with Crippen molar-refractivity contribution in [2.75, 3.05) is 19.0 Å². The monoisotopic (exact) mass is 522 g/mol. The Kier molecular flexibility index (Phi) is 7.97. The molecular weight excluding hydrogens is 492 g/mol. The van der Waals surface area contributed by atoms with Crippen LogP contribution in [-0.4, -0.2) is 39.1 Å². The van der Waals surface area contributed by atoms with E-state index in [0.29, 0.717) is 24.6 Å². The van der Waals surface area contributed by atoms with E-state index >= 15 is 0 Å². The van der Waals surface area contributed by atoms with Crippen molar-refractivity contribution in [2.24, 2.45) is 0 Å². The van der Waals surface area contributed by atoms with Gasteiger partial charge in [-0.1, -0.05) is 42.5 Å². The van der Waals surface area contributed by atoms with Crippen LogP contribution in [0.1, 0.15) is 17.7 Å². The van der Waals surface area contributed by atoms with Gasteiger partial charge in [0.2, 0.25) is 5.91 Å². The normalized spacial score (nSPS) is 10.9. The van der Waals surface area contributed by atoms with Crippen LogP contribution in [0.3, 0.4) is 0 Å². The fourth-order valence-corrected chi connectivity index (χ4v) is 4.41. The molecule has 0 saturated carbocycles. The van der Waals surface area contributed by atoms with Crippen LogP contribution in [-0.2, 0) is 24.3 Å². The molecule has 0 saturated heterocycles. The Bertz CT molecular complexity index is 1580. The van der Waals surface area contributed by atoms with Gasteiger partial charge in [0.1, 0.15) is 23.8 Å². The summed E-state index contributed by atoms with van der Waals surface area (Å²) in [5.74, 6) is 0.977. The Balaban J connectivity index is 1.27. The number of aromatic nitrogens is 4. The smallest absolute Gasteiger partial charge is 0.277 e. The highest BCUT2D eigenvalue weighted by Crippen LogP contribution is 2.17. The molecule has 0 aliphatic carbocycles. The highest BCUT2D eigenvalue weighted by atomic mass is 16.5. The summed E-state index contributed by atoms with van der Waals surface area (Å²) in [7, 11) is 1.65. The number of nitrogens with one attached hydrogen (secondary N) is 3. The molecule has 0 spiro atoms. The number of hydrogen-bond donors (Lipinski definition) is 3. The molecule has 39 heavy (non-hydrogen) atoms. The average molecular weight is 523 g/mol. The summed E-state index contributed by atoms with van der Waals surface area (Å²) < 4.78 is 6.63. The lowest BCUT2D eigenvalue weighted by atomic mass is 10.1. The lowest BCUT2D eigenvalue weighted by molar-refractivity contribution is -0.121. The minimum atomic E-state index is -0.292. The van der Waals surface area contributed by atoms with Crippen molar-refractivity contribution in [2.45, 2.75) is 25.9 Å². The molecule has 3 aromatic heterocycles. The van der Waals surface area contributed by atoms with Gasteiger partial charge in [0.05, 0.1) is 19.9 Å². The molecule has 0 aliphatic rings. The van der Waals surface area contributed by atoms with Gasteiger partial charge in [-0.05, 0) is 42.7 Å². The Morgan fingerprint density at radius 1 is 1.05 bits per heavy atom. The zero-order valence-electron chi connectivity index (χ0n) is 21.7. The summed E-state index contributed by atoms with van der Waals surface area (Å²) in [4.78, 5) is 38.4. The number of methoxy groups -OCH3 is 1. The lowest BCUT2D eigenvalue weighted by Crippen LogP contribution is -2.34. The first-order chi connectivity index (χ1) is 19.1. The number of rotatable bonds is 11. The number of carbonyl (C=O) groups excluding carboxylic acids is 1. The molecule has 0 aliphatic heterocycles. The molecule has 3 N–H and O–H groups in total. The first kappa shape index (κ1) is 25.7. The van der Waals surface area contributed by atoms with Crippen LogP contribution >= 0.6 is 0 Å². The predicted molar refractivity (Wildman–Crippen MR) is 152 cm³/mol. The molecule has 198 valence electrons. The summed E-state index contributed by atoms with van der Waals surface area (Å²) in [6, 6.07) is 21.2. The Labute approximate surface area is 225 Å². The van der Waals surface area contributed by atoms with Gasteiger partial charge in [0.15, 0.2) is 0 Å². The molecule has 9 heteroatoms. The number of ether oxygens (including phenoxy) is 1. The van der Waals surface area contributed by atoms with E-state index in [-0.39, 0.29) is 18.0 Å². The number of benzene rings is 2. The first-order valence-electron chi connectivity index (χ1n) is 12.8. The van der Waals surface area contributed by atoms with Gasteiger partial charge in [0.25, 0.3) is 5.56 Å². The third kappa shape index (κ3) is 6.32. The van der Waals surface area contributed by atoms with Crippen molar-refractivity contribution in [3.8, 4) is 17.1 Å². The zero-order chi connectivity index (χ0) is 27.0. The minimum Gasteiger partial charge on any atom is -0.497 e. The SMILES string of the molecule is COc1ccc(CCCNc2cnc(-c3ccccc3)n(CC(=O)NCc3cc4cnccc4[nH]3)c2=O)cc1. The number of aryl methyl sites for hydroxylation is 1.